The lowest BCUT2D eigenvalue weighted by atomic mass is 9.72. The maximum Gasteiger partial charge on any atom is 0.324 e. The molecule has 1 aromatic rings. The van der Waals surface area contributed by atoms with Crippen LogP contribution < -0.4 is 5.73 Å². The Morgan fingerprint density at radius 1 is 1.31 bits per heavy atom. The molecule has 0 aromatic heterocycles. The predicted molar refractivity (Wildman–Crippen MR) is 58.6 cm³/mol. The highest BCUT2D eigenvalue weighted by molar-refractivity contribution is 6.08. The molecule has 82 valence electrons. The molecule has 1 amide bonds. The number of carboxylic acid groups (broad SMARTS) is 1. The summed E-state index contributed by atoms with van der Waals surface area (Å²) in [6.07, 6.45) is 3.58. The van der Waals surface area contributed by atoms with Crippen LogP contribution in [0, 0.1) is 0 Å². The van der Waals surface area contributed by atoms with Crippen molar-refractivity contribution in [1.82, 2.24) is 0 Å². The Balaban J connectivity index is 2.71. The molecule has 0 fully saturated rings. The minimum atomic E-state index is -1.62. The standard InChI is InChI=1S/C12H11NO3/c13-10(14)12(11(15)16)7-3-5-8-4-1-2-6-9(8)12/h1-6H,7H2,(H2,13,14)(H,15,16). The van der Waals surface area contributed by atoms with Gasteiger partial charge in [0.25, 0.3) is 0 Å². The molecule has 0 spiro atoms. The highest BCUT2D eigenvalue weighted by atomic mass is 16.4. The number of nitrogens with two attached hydrogens (primary N) is 1. The van der Waals surface area contributed by atoms with Crippen molar-refractivity contribution in [3.05, 3.63) is 41.5 Å². The molecule has 4 nitrogen and oxygen atoms in total. The summed E-state index contributed by atoms with van der Waals surface area (Å²) in [5, 5.41) is 9.27. The summed E-state index contributed by atoms with van der Waals surface area (Å²) >= 11 is 0. The van der Waals surface area contributed by atoms with Gasteiger partial charge >= 0.3 is 5.97 Å². The van der Waals surface area contributed by atoms with Crippen LogP contribution in [0.2, 0.25) is 0 Å². The summed E-state index contributed by atoms with van der Waals surface area (Å²) in [6, 6.07) is 6.91. The maximum absolute atomic E-state index is 11.5. The van der Waals surface area contributed by atoms with E-state index >= 15 is 0 Å². The van der Waals surface area contributed by atoms with E-state index in [1.165, 1.54) is 0 Å². The number of carbonyl (C=O) groups is 2. The van der Waals surface area contributed by atoms with Crippen LogP contribution in [-0.2, 0) is 15.0 Å². The lowest BCUT2D eigenvalue weighted by Crippen LogP contribution is -2.48. The predicted octanol–water partition coefficient (Wildman–Crippen LogP) is 0.911. The molecular formula is C12H11NO3. The molecule has 0 saturated heterocycles. The first kappa shape index (κ1) is 10.4. The Morgan fingerprint density at radius 3 is 2.62 bits per heavy atom. The number of rotatable bonds is 2. The second kappa shape index (κ2) is 3.48. The van der Waals surface area contributed by atoms with E-state index in [2.05, 4.69) is 0 Å². The van der Waals surface area contributed by atoms with E-state index in [4.69, 9.17) is 5.73 Å². The number of benzene rings is 1. The van der Waals surface area contributed by atoms with Gasteiger partial charge in [-0.2, -0.15) is 0 Å². The number of hydrogen-bond acceptors (Lipinski definition) is 2. The fourth-order valence-electron chi connectivity index (χ4n) is 2.04. The quantitative estimate of drug-likeness (QED) is 0.722. The number of amides is 1. The van der Waals surface area contributed by atoms with Crippen LogP contribution in [0.15, 0.2) is 30.3 Å². The zero-order valence-electron chi connectivity index (χ0n) is 8.51. The number of primary amides is 1. The number of fused-ring (bicyclic) bond motifs is 1. The summed E-state index contributed by atoms with van der Waals surface area (Å²) in [6.45, 7) is 0. The maximum atomic E-state index is 11.5. The van der Waals surface area contributed by atoms with Gasteiger partial charge in [-0.3, -0.25) is 9.59 Å². The summed E-state index contributed by atoms with van der Waals surface area (Å²) in [5.41, 5.74) is 4.85. The molecule has 3 N–H and O–H groups in total. The molecule has 0 bridgehead atoms. The Kier molecular flexibility index (Phi) is 2.27. The van der Waals surface area contributed by atoms with Crippen LogP contribution >= 0.6 is 0 Å². The highest BCUT2D eigenvalue weighted by Gasteiger charge is 2.47. The molecule has 0 heterocycles. The van der Waals surface area contributed by atoms with Gasteiger partial charge < -0.3 is 10.8 Å². The number of carbonyl (C=O) groups excluding carboxylic acids is 1. The third kappa shape index (κ3) is 1.23. The van der Waals surface area contributed by atoms with Gasteiger partial charge in [0.2, 0.25) is 5.91 Å². The fraction of sp³-hybridized carbons (Fsp3) is 0.167. The number of carboxylic acids is 1. The van der Waals surface area contributed by atoms with Gasteiger partial charge in [0, 0.05) is 0 Å². The lowest BCUT2D eigenvalue weighted by Gasteiger charge is -2.29. The van der Waals surface area contributed by atoms with Gasteiger partial charge in [0.05, 0.1) is 0 Å². The first-order valence-corrected chi connectivity index (χ1v) is 4.88. The fourth-order valence-corrected chi connectivity index (χ4v) is 2.04. The molecule has 1 aliphatic carbocycles. The van der Waals surface area contributed by atoms with E-state index in [1.807, 2.05) is 0 Å². The monoisotopic (exact) mass is 217 g/mol. The third-order valence-electron chi connectivity index (χ3n) is 2.93. The van der Waals surface area contributed by atoms with Crippen molar-refractivity contribution < 1.29 is 14.7 Å². The molecule has 1 unspecified atom stereocenters. The number of allylic oxidation sites excluding steroid dienone is 1. The molecule has 1 aliphatic rings. The van der Waals surface area contributed by atoms with Gasteiger partial charge in [0.1, 0.15) is 0 Å². The molecule has 2 rings (SSSR count). The Bertz CT molecular complexity index is 477. The zero-order chi connectivity index (χ0) is 11.8. The van der Waals surface area contributed by atoms with E-state index in [9.17, 15) is 14.7 Å². The average molecular weight is 217 g/mol. The SMILES string of the molecule is NC(=O)C1(C(=O)O)CC=Cc2ccccc21. The largest absolute Gasteiger partial charge is 0.480 e. The second-order valence-electron chi connectivity index (χ2n) is 3.77. The van der Waals surface area contributed by atoms with Crippen molar-refractivity contribution in [1.29, 1.82) is 0 Å². The lowest BCUT2D eigenvalue weighted by molar-refractivity contribution is -0.148. The minimum Gasteiger partial charge on any atom is -0.480 e. The van der Waals surface area contributed by atoms with Gasteiger partial charge in [-0.05, 0) is 17.5 Å². The first-order chi connectivity index (χ1) is 7.59. The van der Waals surface area contributed by atoms with E-state index in [0.717, 1.165) is 5.56 Å². The van der Waals surface area contributed by atoms with E-state index in [-0.39, 0.29) is 6.42 Å². The van der Waals surface area contributed by atoms with E-state index in [1.54, 1.807) is 36.4 Å². The van der Waals surface area contributed by atoms with E-state index in [0.29, 0.717) is 5.56 Å². The number of hydrogen-bond donors (Lipinski definition) is 2. The normalized spacial score (nSPS) is 22.5. The zero-order valence-corrected chi connectivity index (χ0v) is 8.51. The van der Waals surface area contributed by atoms with Crippen LogP contribution in [0.1, 0.15) is 17.5 Å². The van der Waals surface area contributed by atoms with Crippen LogP contribution in [0.4, 0.5) is 0 Å². The smallest absolute Gasteiger partial charge is 0.324 e. The Morgan fingerprint density at radius 2 is 2.00 bits per heavy atom. The molecule has 16 heavy (non-hydrogen) atoms. The highest BCUT2D eigenvalue weighted by Crippen LogP contribution is 2.35. The van der Waals surface area contributed by atoms with Crippen molar-refractivity contribution >= 4 is 18.0 Å². The first-order valence-electron chi connectivity index (χ1n) is 4.88. The van der Waals surface area contributed by atoms with Crippen LogP contribution in [0.3, 0.4) is 0 Å². The van der Waals surface area contributed by atoms with Gasteiger partial charge in [-0.25, -0.2) is 0 Å². The van der Waals surface area contributed by atoms with Crippen molar-refractivity contribution in [3.63, 3.8) is 0 Å². The van der Waals surface area contributed by atoms with Gasteiger partial charge in [-0.15, -0.1) is 0 Å². The molecule has 0 radical (unpaired) electrons. The van der Waals surface area contributed by atoms with Crippen molar-refractivity contribution in [2.24, 2.45) is 5.73 Å². The Labute approximate surface area is 92.4 Å². The van der Waals surface area contributed by atoms with Gasteiger partial charge in [0.15, 0.2) is 5.41 Å². The number of aliphatic carboxylic acids is 1. The molecule has 0 aliphatic heterocycles. The van der Waals surface area contributed by atoms with Crippen molar-refractivity contribution in [2.45, 2.75) is 11.8 Å². The molecular weight excluding hydrogens is 206 g/mol. The van der Waals surface area contributed by atoms with Gasteiger partial charge in [-0.1, -0.05) is 36.4 Å². The van der Waals surface area contributed by atoms with E-state index < -0.39 is 17.3 Å². The summed E-state index contributed by atoms with van der Waals surface area (Å²) < 4.78 is 0. The van der Waals surface area contributed by atoms with Crippen molar-refractivity contribution in [2.75, 3.05) is 0 Å². The molecule has 0 saturated carbocycles. The minimum absolute atomic E-state index is 0.106. The average Bonchev–Trinajstić information content (AvgIpc) is 2.27. The summed E-state index contributed by atoms with van der Waals surface area (Å²) in [4.78, 5) is 22.8. The molecule has 1 aromatic carbocycles. The third-order valence-corrected chi connectivity index (χ3v) is 2.93. The topological polar surface area (TPSA) is 80.4 Å². The molecule has 4 heteroatoms. The summed E-state index contributed by atoms with van der Waals surface area (Å²) in [5.74, 6) is -2.02. The van der Waals surface area contributed by atoms with Crippen molar-refractivity contribution in [3.8, 4) is 0 Å². The van der Waals surface area contributed by atoms with Crippen LogP contribution in [-0.4, -0.2) is 17.0 Å². The molecule has 1 atom stereocenters. The second-order valence-corrected chi connectivity index (χ2v) is 3.77. The Hall–Kier alpha value is -2.10. The summed E-state index contributed by atoms with van der Waals surface area (Å²) in [7, 11) is 0. The van der Waals surface area contributed by atoms with Crippen LogP contribution in [0.25, 0.3) is 6.08 Å². The van der Waals surface area contributed by atoms with Crippen LogP contribution in [0.5, 0.6) is 0 Å².